The summed E-state index contributed by atoms with van der Waals surface area (Å²) in [6, 6.07) is 4.15. The zero-order chi connectivity index (χ0) is 15.4. The Hall–Kier alpha value is -1.47. The van der Waals surface area contributed by atoms with E-state index in [9.17, 15) is 14.9 Å². The van der Waals surface area contributed by atoms with Gasteiger partial charge in [-0.2, -0.15) is 0 Å². The number of carbonyl (C=O) groups excluding carboxylic acids is 1. The Morgan fingerprint density at radius 1 is 1.43 bits per heavy atom. The highest BCUT2D eigenvalue weighted by Gasteiger charge is 2.26. The van der Waals surface area contributed by atoms with Gasteiger partial charge in [-0.05, 0) is 24.8 Å². The summed E-state index contributed by atoms with van der Waals surface area (Å²) < 4.78 is 0.506. The number of nitro groups is 1. The van der Waals surface area contributed by atoms with E-state index in [-0.39, 0.29) is 23.2 Å². The summed E-state index contributed by atoms with van der Waals surface area (Å²) in [4.78, 5) is 22.6. The number of rotatable bonds is 5. The minimum absolute atomic E-state index is 0.0713. The van der Waals surface area contributed by atoms with Crippen LogP contribution in [0.4, 0.5) is 5.69 Å². The number of amides is 1. The van der Waals surface area contributed by atoms with E-state index in [0.29, 0.717) is 16.9 Å². The van der Waals surface area contributed by atoms with E-state index in [1.165, 1.54) is 25.0 Å². The minimum Gasteiger partial charge on any atom is -0.348 e. The van der Waals surface area contributed by atoms with Gasteiger partial charge < -0.3 is 11.1 Å². The van der Waals surface area contributed by atoms with Crippen LogP contribution in [0.25, 0.3) is 0 Å². The predicted octanol–water partition coefficient (Wildman–Crippen LogP) is 2.60. The number of hydrogen-bond acceptors (Lipinski definition) is 4. The zero-order valence-corrected chi connectivity index (χ0v) is 13.1. The van der Waals surface area contributed by atoms with Crippen LogP contribution in [0, 0.1) is 16.0 Å². The highest BCUT2D eigenvalue weighted by atomic mass is 79.9. The van der Waals surface area contributed by atoms with Gasteiger partial charge in [-0.3, -0.25) is 14.9 Å². The summed E-state index contributed by atoms with van der Waals surface area (Å²) >= 11 is 3.19. The number of carbonyl (C=O) groups is 1. The molecule has 1 saturated carbocycles. The molecular weight excluding hydrogens is 338 g/mol. The molecule has 0 aliphatic heterocycles. The van der Waals surface area contributed by atoms with E-state index < -0.39 is 4.92 Å². The topological polar surface area (TPSA) is 98.3 Å². The van der Waals surface area contributed by atoms with Gasteiger partial charge in [0.15, 0.2) is 0 Å². The van der Waals surface area contributed by atoms with E-state index >= 15 is 0 Å². The lowest BCUT2D eigenvalue weighted by molar-refractivity contribution is -0.385. The van der Waals surface area contributed by atoms with E-state index in [1.807, 2.05) is 0 Å². The molecule has 0 bridgehead atoms. The Labute approximate surface area is 131 Å². The molecule has 1 aliphatic carbocycles. The standard InChI is InChI=1S/C14H18BrN3O3/c15-11-5-10(6-12(7-11)18(20)21)14(19)17-13(8-16)9-3-1-2-4-9/h5-7,9,13H,1-4,8,16H2,(H,17,19). The van der Waals surface area contributed by atoms with Crippen molar-refractivity contribution < 1.29 is 9.72 Å². The summed E-state index contributed by atoms with van der Waals surface area (Å²) in [5, 5.41) is 13.8. The van der Waals surface area contributed by atoms with Crippen molar-refractivity contribution in [3.05, 3.63) is 38.3 Å². The number of benzene rings is 1. The maximum atomic E-state index is 12.3. The third-order valence-electron chi connectivity index (χ3n) is 3.89. The molecule has 1 aliphatic rings. The van der Waals surface area contributed by atoms with Crippen molar-refractivity contribution in [2.24, 2.45) is 11.7 Å². The maximum Gasteiger partial charge on any atom is 0.271 e. The number of nitro benzene ring substituents is 1. The highest BCUT2D eigenvalue weighted by Crippen LogP contribution is 2.28. The second kappa shape index (κ2) is 7.00. The summed E-state index contributed by atoms with van der Waals surface area (Å²) in [6.45, 7) is 0.381. The molecule has 21 heavy (non-hydrogen) atoms. The van der Waals surface area contributed by atoms with Crippen LogP contribution in [0.15, 0.2) is 22.7 Å². The van der Waals surface area contributed by atoms with Crippen molar-refractivity contribution in [2.45, 2.75) is 31.7 Å². The van der Waals surface area contributed by atoms with Gasteiger partial charge in [0.05, 0.1) is 4.92 Å². The average Bonchev–Trinajstić information content (AvgIpc) is 2.97. The van der Waals surface area contributed by atoms with Gasteiger partial charge in [0.1, 0.15) is 0 Å². The first kappa shape index (κ1) is 15.9. The lowest BCUT2D eigenvalue weighted by Crippen LogP contribution is -2.44. The monoisotopic (exact) mass is 355 g/mol. The van der Waals surface area contributed by atoms with Crippen molar-refractivity contribution in [1.82, 2.24) is 5.32 Å². The SMILES string of the molecule is NCC(NC(=O)c1cc(Br)cc([N+](=O)[O-])c1)C1CCCC1. The van der Waals surface area contributed by atoms with Crippen molar-refractivity contribution in [3.63, 3.8) is 0 Å². The lowest BCUT2D eigenvalue weighted by atomic mass is 9.98. The number of nitrogens with zero attached hydrogens (tertiary/aromatic N) is 1. The molecule has 6 nitrogen and oxygen atoms in total. The van der Waals surface area contributed by atoms with Crippen LogP contribution < -0.4 is 11.1 Å². The number of hydrogen-bond donors (Lipinski definition) is 2. The van der Waals surface area contributed by atoms with Gasteiger partial charge in [0.2, 0.25) is 0 Å². The maximum absolute atomic E-state index is 12.3. The number of nitrogens with one attached hydrogen (secondary N) is 1. The number of halogens is 1. The largest absolute Gasteiger partial charge is 0.348 e. The molecule has 1 aromatic rings. The fraction of sp³-hybridized carbons (Fsp3) is 0.500. The normalized spacial score (nSPS) is 16.7. The van der Waals surface area contributed by atoms with Gasteiger partial charge in [0.25, 0.3) is 11.6 Å². The van der Waals surface area contributed by atoms with Gasteiger partial charge in [-0.25, -0.2) is 0 Å². The van der Waals surface area contributed by atoms with Gasteiger partial charge in [-0.15, -0.1) is 0 Å². The third kappa shape index (κ3) is 4.01. The number of nitrogens with two attached hydrogens (primary N) is 1. The fourth-order valence-corrected chi connectivity index (χ4v) is 3.27. The summed E-state index contributed by atoms with van der Waals surface area (Å²) in [6.07, 6.45) is 4.47. The lowest BCUT2D eigenvalue weighted by Gasteiger charge is -2.23. The van der Waals surface area contributed by atoms with Crippen molar-refractivity contribution in [3.8, 4) is 0 Å². The molecule has 1 unspecified atom stereocenters. The van der Waals surface area contributed by atoms with Crippen LogP contribution in [0.5, 0.6) is 0 Å². The molecule has 114 valence electrons. The second-order valence-corrected chi connectivity index (χ2v) is 6.23. The van der Waals surface area contributed by atoms with Crippen LogP contribution in [-0.2, 0) is 0 Å². The quantitative estimate of drug-likeness (QED) is 0.626. The molecule has 0 radical (unpaired) electrons. The summed E-state index contributed by atoms with van der Waals surface area (Å²) in [5.74, 6) is 0.0860. The minimum atomic E-state index is -0.515. The van der Waals surface area contributed by atoms with E-state index in [1.54, 1.807) is 6.07 Å². The Kier molecular flexibility index (Phi) is 5.30. The van der Waals surface area contributed by atoms with E-state index in [2.05, 4.69) is 21.2 Å². The van der Waals surface area contributed by atoms with Gasteiger partial charge in [0, 0.05) is 34.8 Å². The van der Waals surface area contributed by atoms with Crippen molar-refractivity contribution >= 4 is 27.5 Å². The van der Waals surface area contributed by atoms with Gasteiger partial charge in [-0.1, -0.05) is 28.8 Å². The smallest absolute Gasteiger partial charge is 0.271 e. The first-order chi connectivity index (χ1) is 10.0. The van der Waals surface area contributed by atoms with Crippen molar-refractivity contribution in [1.29, 1.82) is 0 Å². The Bertz CT molecular complexity index is 544. The molecule has 0 heterocycles. The average molecular weight is 356 g/mol. The Morgan fingerprint density at radius 2 is 2.10 bits per heavy atom. The molecular formula is C14H18BrN3O3. The molecule has 1 aromatic carbocycles. The second-order valence-electron chi connectivity index (χ2n) is 5.32. The zero-order valence-electron chi connectivity index (χ0n) is 11.5. The molecule has 0 aromatic heterocycles. The first-order valence-corrected chi connectivity index (χ1v) is 7.76. The number of non-ortho nitro benzene ring substituents is 1. The van der Waals surface area contributed by atoms with Gasteiger partial charge >= 0.3 is 0 Å². The molecule has 1 atom stereocenters. The van der Waals surface area contributed by atoms with Crippen molar-refractivity contribution in [2.75, 3.05) is 6.54 Å². The van der Waals surface area contributed by atoms with E-state index in [4.69, 9.17) is 5.73 Å². The van der Waals surface area contributed by atoms with Crippen LogP contribution in [0.3, 0.4) is 0 Å². The first-order valence-electron chi connectivity index (χ1n) is 6.97. The van der Waals surface area contributed by atoms with Crippen LogP contribution in [-0.4, -0.2) is 23.4 Å². The van der Waals surface area contributed by atoms with Crippen LogP contribution >= 0.6 is 15.9 Å². The molecule has 1 amide bonds. The highest BCUT2D eigenvalue weighted by molar-refractivity contribution is 9.10. The third-order valence-corrected chi connectivity index (χ3v) is 4.35. The molecule has 0 saturated heterocycles. The Morgan fingerprint density at radius 3 is 2.67 bits per heavy atom. The molecule has 7 heteroatoms. The molecule has 2 rings (SSSR count). The molecule has 0 spiro atoms. The molecule has 3 N–H and O–H groups in total. The summed E-state index contributed by atoms with van der Waals surface area (Å²) in [7, 11) is 0. The predicted molar refractivity (Wildman–Crippen MR) is 83.1 cm³/mol. The summed E-state index contributed by atoms with van der Waals surface area (Å²) in [5.41, 5.74) is 5.91. The van der Waals surface area contributed by atoms with Crippen LogP contribution in [0.2, 0.25) is 0 Å². The fourth-order valence-electron chi connectivity index (χ4n) is 2.79. The molecule has 1 fully saturated rings. The van der Waals surface area contributed by atoms with E-state index in [0.717, 1.165) is 12.8 Å². The van der Waals surface area contributed by atoms with Crippen LogP contribution in [0.1, 0.15) is 36.0 Å². The Balaban J connectivity index is 2.13.